The number of hydrogen-bond acceptors (Lipinski definition) is 1. The molecule has 1 aliphatic rings. The number of rotatable bonds is 4. The van der Waals surface area contributed by atoms with E-state index < -0.39 is 0 Å². The molecule has 76 valence electrons. The van der Waals surface area contributed by atoms with Crippen LogP contribution in [0, 0.1) is 0 Å². The monoisotopic (exact) mass is 200 g/mol. The maximum atomic E-state index is 5.28. The van der Waals surface area contributed by atoms with E-state index >= 15 is 0 Å². The molecule has 0 aromatic rings. The predicted octanol–water partition coefficient (Wildman–Crippen LogP) is 2.15. The van der Waals surface area contributed by atoms with Gasteiger partial charge in [-0.3, -0.25) is 0 Å². The Hall–Kier alpha value is -0.310. The summed E-state index contributed by atoms with van der Waals surface area (Å²) in [4.78, 5) is 2.28. The van der Waals surface area contributed by atoms with Crippen LogP contribution in [0.3, 0.4) is 0 Å². The molecule has 13 heavy (non-hydrogen) atoms. The van der Waals surface area contributed by atoms with Crippen LogP contribution in [-0.2, 0) is 0 Å². The summed E-state index contributed by atoms with van der Waals surface area (Å²) in [6.45, 7) is 5.57. The van der Waals surface area contributed by atoms with Crippen LogP contribution >= 0.6 is 12.2 Å². The van der Waals surface area contributed by atoms with E-state index in [1.165, 1.54) is 32.1 Å². The molecule has 0 radical (unpaired) electrons. The first kappa shape index (κ1) is 10.8. The SMILES string of the molecule is CCCCCNC(=S)N1CCCC1. The molecule has 1 N–H and O–H groups in total. The summed E-state index contributed by atoms with van der Waals surface area (Å²) in [6, 6.07) is 0. The Balaban J connectivity index is 2.03. The van der Waals surface area contributed by atoms with Crippen LogP contribution < -0.4 is 5.32 Å². The summed E-state index contributed by atoms with van der Waals surface area (Å²) in [6.07, 6.45) is 6.42. The maximum Gasteiger partial charge on any atom is 0.168 e. The molecule has 0 saturated carbocycles. The zero-order valence-electron chi connectivity index (χ0n) is 8.51. The Morgan fingerprint density at radius 3 is 2.62 bits per heavy atom. The smallest absolute Gasteiger partial charge is 0.168 e. The number of nitrogens with zero attached hydrogens (tertiary/aromatic N) is 1. The van der Waals surface area contributed by atoms with Crippen LogP contribution in [0.5, 0.6) is 0 Å². The summed E-state index contributed by atoms with van der Waals surface area (Å²) >= 11 is 5.28. The van der Waals surface area contributed by atoms with Gasteiger partial charge in [-0.15, -0.1) is 0 Å². The molecule has 0 aromatic carbocycles. The Morgan fingerprint density at radius 2 is 2.00 bits per heavy atom. The summed E-state index contributed by atoms with van der Waals surface area (Å²) in [5.41, 5.74) is 0. The van der Waals surface area contributed by atoms with Gasteiger partial charge in [-0.1, -0.05) is 19.8 Å². The Morgan fingerprint density at radius 1 is 1.31 bits per heavy atom. The fourth-order valence-electron chi connectivity index (χ4n) is 1.60. The van der Waals surface area contributed by atoms with Crippen LogP contribution in [0.1, 0.15) is 39.0 Å². The molecule has 0 unspecified atom stereocenters. The van der Waals surface area contributed by atoms with E-state index in [1.54, 1.807) is 0 Å². The molecular formula is C10H20N2S. The minimum absolute atomic E-state index is 0.966. The first-order valence-corrected chi connectivity index (χ1v) is 5.78. The molecule has 1 fully saturated rings. The van der Waals surface area contributed by atoms with E-state index in [-0.39, 0.29) is 0 Å². The van der Waals surface area contributed by atoms with Gasteiger partial charge >= 0.3 is 0 Å². The molecule has 3 heteroatoms. The van der Waals surface area contributed by atoms with Crippen molar-refractivity contribution in [3.8, 4) is 0 Å². The highest BCUT2D eigenvalue weighted by Crippen LogP contribution is 2.07. The molecule has 0 atom stereocenters. The number of nitrogens with one attached hydrogen (secondary N) is 1. The van der Waals surface area contributed by atoms with Crippen molar-refractivity contribution in [2.45, 2.75) is 39.0 Å². The van der Waals surface area contributed by atoms with E-state index in [0.29, 0.717) is 0 Å². The van der Waals surface area contributed by atoms with Gasteiger partial charge in [0.2, 0.25) is 0 Å². The van der Waals surface area contributed by atoms with Crippen molar-refractivity contribution in [2.75, 3.05) is 19.6 Å². The predicted molar refractivity (Wildman–Crippen MR) is 60.9 cm³/mol. The van der Waals surface area contributed by atoms with Gasteiger partial charge in [-0.2, -0.15) is 0 Å². The van der Waals surface area contributed by atoms with Crippen molar-refractivity contribution in [2.24, 2.45) is 0 Å². The lowest BCUT2D eigenvalue weighted by atomic mass is 10.2. The number of thiocarbonyl (C=S) groups is 1. The Labute approximate surface area is 86.7 Å². The lowest BCUT2D eigenvalue weighted by Gasteiger charge is -2.19. The highest BCUT2D eigenvalue weighted by atomic mass is 32.1. The van der Waals surface area contributed by atoms with Crippen molar-refractivity contribution in [3.05, 3.63) is 0 Å². The number of unbranched alkanes of at least 4 members (excludes halogenated alkanes) is 2. The van der Waals surface area contributed by atoms with Gasteiger partial charge in [-0.25, -0.2) is 0 Å². The molecule has 0 aromatic heterocycles. The second-order valence-electron chi connectivity index (χ2n) is 3.63. The zero-order valence-corrected chi connectivity index (χ0v) is 9.33. The molecule has 1 aliphatic heterocycles. The normalized spacial score (nSPS) is 16.2. The van der Waals surface area contributed by atoms with Gasteiger partial charge in [-0.05, 0) is 31.5 Å². The fraction of sp³-hybridized carbons (Fsp3) is 0.900. The van der Waals surface area contributed by atoms with Gasteiger partial charge in [0.1, 0.15) is 0 Å². The fourth-order valence-corrected chi connectivity index (χ4v) is 1.89. The largest absolute Gasteiger partial charge is 0.363 e. The first-order chi connectivity index (χ1) is 6.34. The minimum atomic E-state index is 0.966. The lowest BCUT2D eigenvalue weighted by molar-refractivity contribution is 0.504. The summed E-state index contributed by atoms with van der Waals surface area (Å²) in [7, 11) is 0. The summed E-state index contributed by atoms with van der Waals surface area (Å²) in [5, 5.41) is 4.28. The van der Waals surface area contributed by atoms with E-state index in [1.807, 2.05) is 0 Å². The van der Waals surface area contributed by atoms with Crippen molar-refractivity contribution < 1.29 is 0 Å². The molecule has 2 nitrogen and oxygen atoms in total. The summed E-state index contributed by atoms with van der Waals surface area (Å²) < 4.78 is 0. The number of likely N-dealkylation sites (tertiary alicyclic amines) is 1. The standard InChI is InChI=1S/C10H20N2S/c1-2-3-4-7-11-10(13)12-8-5-6-9-12/h2-9H2,1H3,(H,11,13). The molecule has 0 bridgehead atoms. The third kappa shape index (κ3) is 3.94. The quantitative estimate of drug-likeness (QED) is 0.553. The Bertz CT molecular complexity index is 153. The molecule has 0 spiro atoms. The molecule has 1 saturated heterocycles. The molecule has 0 aliphatic carbocycles. The highest BCUT2D eigenvalue weighted by Gasteiger charge is 2.13. The Kier molecular flexibility index (Phi) is 5.13. The second kappa shape index (κ2) is 6.19. The average molecular weight is 200 g/mol. The van der Waals surface area contributed by atoms with Crippen molar-refractivity contribution in [3.63, 3.8) is 0 Å². The highest BCUT2D eigenvalue weighted by molar-refractivity contribution is 7.80. The molecule has 0 amide bonds. The molecule has 1 rings (SSSR count). The number of hydrogen-bond donors (Lipinski definition) is 1. The van der Waals surface area contributed by atoms with Crippen LogP contribution in [0.4, 0.5) is 0 Å². The van der Waals surface area contributed by atoms with Crippen LogP contribution in [-0.4, -0.2) is 29.6 Å². The topological polar surface area (TPSA) is 15.3 Å². The first-order valence-electron chi connectivity index (χ1n) is 5.37. The minimum Gasteiger partial charge on any atom is -0.363 e. The van der Waals surface area contributed by atoms with Gasteiger partial charge in [0.05, 0.1) is 0 Å². The third-order valence-electron chi connectivity index (χ3n) is 2.45. The third-order valence-corrected chi connectivity index (χ3v) is 2.85. The molecular weight excluding hydrogens is 180 g/mol. The maximum absolute atomic E-state index is 5.28. The zero-order chi connectivity index (χ0) is 9.52. The average Bonchev–Trinajstić information content (AvgIpc) is 2.65. The second-order valence-corrected chi connectivity index (χ2v) is 4.02. The van der Waals surface area contributed by atoms with Crippen LogP contribution in [0.15, 0.2) is 0 Å². The van der Waals surface area contributed by atoms with Gasteiger partial charge in [0.15, 0.2) is 5.11 Å². The van der Waals surface area contributed by atoms with Crippen LogP contribution in [0.25, 0.3) is 0 Å². The van der Waals surface area contributed by atoms with E-state index in [4.69, 9.17) is 12.2 Å². The van der Waals surface area contributed by atoms with Crippen LogP contribution in [0.2, 0.25) is 0 Å². The van der Waals surface area contributed by atoms with Gasteiger partial charge < -0.3 is 10.2 Å². The van der Waals surface area contributed by atoms with Gasteiger partial charge in [0, 0.05) is 19.6 Å². The van der Waals surface area contributed by atoms with E-state index in [9.17, 15) is 0 Å². The summed E-state index contributed by atoms with van der Waals surface area (Å²) in [5.74, 6) is 0. The van der Waals surface area contributed by atoms with Crippen molar-refractivity contribution in [1.82, 2.24) is 10.2 Å². The van der Waals surface area contributed by atoms with E-state index in [0.717, 1.165) is 24.7 Å². The molecule has 1 heterocycles. The van der Waals surface area contributed by atoms with E-state index in [2.05, 4.69) is 17.1 Å². The lowest BCUT2D eigenvalue weighted by Crippen LogP contribution is -2.38. The van der Waals surface area contributed by atoms with Gasteiger partial charge in [0.25, 0.3) is 0 Å². The van der Waals surface area contributed by atoms with Crippen molar-refractivity contribution in [1.29, 1.82) is 0 Å². The van der Waals surface area contributed by atoms with Crippen molar-refractivity contribution >= 4 is 17.3 Å².